The Morgan fingerprint density at radius 1 is 1.18 bits per heavy atom. The Labute approximate surface area is 68.3 Å². The highest BCUT2D eigenvalue weighted by atomic mass is 14.8. The van der Waals surface area contributed by atoms with Crippen molar-refractivity contribution in [3.63, 3.8) is 0 Å². The fraction of sp³-hybridized carbons (Fsp3) is 1.00. The van der Waals surface area contributed by atoms with Crippen molar-refractivity contribution < 1.29 is 0 Å². The third-order valence-corrected chi connectivity index (χ3v) is 3.96. The Morgan fingerprint density at radius 3 is 2.09 bits per heavy atom. The van der Waals surface area contributed by atoms with E-state index in [0.717, 1.165) is 5.92 Å². The van der Waals surface area contributed by atoms with E-state index in [-0.39, 0.29) is 5.41 Å². The van der Waals surface area contributed by atoms with Crippen molar-refractivity contribution in [3.05, 3.63) is 0 Å². The van der Waals surface area contributed by atoms with E-state index in [1.807, 2.05) is 0 Å². The van der Waals surface area contributed by atoms with Gasteiger partial charge in [-0.1, -0.05) is 6.92 Å². The van der Waals surface area contributed by atoms with Gasteiger partial charge in [-0.15, -0.1) is 0 Å². The highest BCUT2D eigenvalue weighted by molar-refractivity contribution is 5.04. The maximum Gasteiger partial charge on any atom is 0.0110 e. The van der Waals surface area contributed by atoms with Gasteiger partial charge in [0.05, 0.1) is 0 Å². The van der Waals surface area contributed by atoms with Gasteiger partial charge in [0.15, 0.2) is 0 Å². The minimum Gasteiger partial charge on any atom is -0.327 e. The van der Waals surface area contributed by atoms with Crippen LogP contribution in [0.1, 0.15) is 32.6 Å². The molecule has 0 aliphatic heterocycles. The van der Waals surface area contributed by atoms with Crippen LogP contribution in [0.3, 0.4) is 0 Å². The first kappa shape index (κ1) is 7.56. The normalized spacial score (nSPS) is 56.5. The smallest absolute Gasteiger partial charge is 0.0110 e. The van der Waals surface area contributed by atoms with E-state index in [9.17, 15) is 0 Å². The third-order valence-electron chi connectivity index (χ3n) is 3.96. The van der Waals surface area contributed by atoms with Crippen molar-refractivity contribution in [2.75, 3.05) is 0 Å². The standard InChI is InChI=1S/C9H18N2/c1-9-3-2-6(4-7(9)10)5-8(9)11/h6-8H,2-5,10-11H2,1H3. The predicted octanol–water partition coefficient (Wildman–Crippen LogP) is 0.851. The van der Waals surface area contributed by atoms with Crippen LogP contribution < -0.4 is 11.5 Å². The molecule has 2 heteroatoms. The second kappa shape index (κ2) is 2.20. The lowest BCUT2D eigenvalue weighted by Gasteiger charge is -2.52. The van der Waals surface area contributed by atoms with Gasteiger partial charge in [-0.2, -0.15) is 0 Å². The van der Waals surface area contributed by atoms with Crippen LogP contribution >= 0.6 is 0 Å². The SMILES string of the molecule is CC12CCC(CC1N)CC2N. The lowest BCUT2D eigenvalue weighted by atomic mass is 9.57. The van der Waals surface area contributed by atoms with Crippen LogP contribution in [0, 0.1) is 11.3 Å². The second-order valence-electron chi connectivity index (χ2n) is 4.59. The second-order valence-corrected chi connectivity index (χ2v) is 4.59. The van der Waals surface area contributed by atoms with Gasteiger partial charge >= 0.3 is 0 Å². The Bertz CT molecular complexity index is 155. The summed E-state index contributed by atoms with van der Waals surface area (Å²) in [6.07, 6.45) is 5.03. The molecule has 4 N–H and O–H groups in total. The monoisotopic (exact) mass is 154 g/mol. The molecule has 0 spiro atoms. The molecule has 0 aromatic carbocycles. The van der Waals surface area contributed by atoms with Crippen LogP contribution in [0.5, 0.6) is 0 Å². The van der Waals surface area contributed by atoms with Gasteiger partial charge in [0.25, 0.3) is 0 Å². The molecular weight excluding hydrogens is 136 g/mol. The zero-order valence-electron chi connectivity index (χ0n) is 7.22. The third kappa shape index (κ3) is 0.926. The van der Waals surface area contributed by atoms with E-state index in [0.29, 0.717) is 12.1 Å². The van der Waals surface area contributed by atoms with Crippen molar-refractivity contribution in [1.82, 2.24) is 0 Å². The zero-order chi connectivity index (χ0) is 8.06. The van der Waals surface area contributed by atoms with Gasteiger partial charge in [-0.05, 0) is 37.0 Å². The molecule has 3 aliphatic rings. The van der Waals surface area contributed by atoms with Crippen LogP contribution in [-0.2, 0) is 0 Å². The van der Waals surface area contributed by atoms with Gasteiger partial charge in [0.1, 0.15) is 0 Å². The van der Waals surface area contributed by atoms with E-state index < -0.39 is 0 Å². The molecule has 3 saturated carbocycles. The van der Waals surface area contributed by atoms with Gasteiger partial charge in [-0.3, -0.25) is 0 Å². The molecule has 0 saturated heterocycles. The maximum absolute atomic E-state index is 6.06. The zero-order valence-corrected chi connectivity index (χ0v) is 7.22. The Morgan fingerprint density at radius 2 is 1.73 bits per heavy atom. The predicted molar refractivity (Wildman–Crippen MR) is 46.0 cm³/mol. The van der Waals surface area contributed by atoms with Crippen LogP contribution in [0.15, 0.2) is 0 Å². The molecule has 2 bridgehead atoms. The molecule has 0 amide bonds. The summed E-state index contributed by atoms with van der Waals surface area (Å²) in [4.78, 5) is 0. The Hall–Kier alpha value is -0.0800. The number of rotatable bonds is 0. The number of hydrogen-bond acceptors (Lipinski definition) is 2. The average molecular weight is 154 g/mol. The topological polar surface area (TPSA) is 52.0 Å². The number of hydrogen-bond donors (Lipinski definition) is 2. The molecule has 0 aromatic rings. The molecule has 3 rings (SSSR count). The Balaban J connectivity index is 2.23. The highest BCUT2D eigenvalue weighted by Gasteiger charge is 2.47. The quantitative estimate of drug-likeness (QED) is 0.543. The molecule has 2 unspecified atom stereocenters. The van der Waals surface area contributed by atoms with Gasteiger partial charge < -0.3 is 11.5 Å². The fourth-order valence-electron chi connectivity index (χ4n) is 2.75. The van der Waals surface area contributed by atoms with Gasteiger partial charge in [-0.25, -0.2) is 0 Å². The molecule has 3 aliphatic carbocycles. The summed E-state index contributed by atoms with van der Waals surface area (Å²) in [5, 5.41) is 0. The first-order chi connectivity index (χ1) is 5.13. The van der Waals surface area contributed by atoms with Crippen molar-refractivity contribution in [2.24, 2.45) is 22.8 Å². The summed E-state index contributed by atoms with van der Waals surface area (Å²) >= 11 is 0. The van der Waals surface area contributed by atoms with E-state index in [4.69, 9.17) is 11.5 Å². The minimum absolute atomic E-state index is 0.259. The first-order valence-electron chi connectivity index (χ1n) is 4.64. The van der Waals surface area contributed by atoms with Crippen LogP contribution in [-0.4, -0.2) is 12.1 Å². The first-order valence-corrected chi connectivity index (χ1v) is 4.64. The summed E-state index contributed by atoms with van der Waals surface area (Å²) in [7, 11) is 0. The summed E-state index contributed by atoms with van der Waals surface area (Å²) in [5.74, 6) is 0.835. The molecule has 0 heterocycles. The van der Waals surface area contributed by atoms with Gasteiger partial charge in [0, 0.05) is 12.1 Å². The molecule has 0 aromatic heterocycles. The van der Waals surface area contributed by atoms with Crippen LogP contribution in [0.25, 0.3) is 0 Å². The molecule has 64 valence electrons. The van der Waals surface area contributed by atoms with Crippen LogP contribution in [0.2, 0.25) is 0 Å². The molecule has 0 radical (unpaired) electrons. The maximum atomic E-state index is 6.06. The molecule has 3 fully saturated rings. The van der Waals surface area contributed by atoms with E-state index in [2.05, 4.69) is 6.92 Å². The largest absolute Gasteiger partial charge is 0.327 e. The van der Waals surface area contributed by atoms with Crippen LogP contribution in [0.4, 0.5) is 0 Å². The molecule has 11 heavy (non-hydrogen) atoms. The fourth-order valence-corrected chi connectivity index (χ4v) is 2.75. The lowest BCUT2D eigenvalue weighted by molar-refractivity contribution is 0.0326. The summed E-state index contributed by atoms with van der Waals surface area (Å²) in [6.45, 7) is 2.26. The Kier molecular flexibility index (Phi) is 1.52. The summed E-state index contributed by atoms with van der Waals surface area (Å²) in [6, 6.07) is 0.731. The van der Waals surface area contributed by atoms with Gasteiger partial charge in [0.2, 0.25) is 0 Å². The average Bonchev–Trinajstić information content (AvgIpc) is 1.94. The molecule has 2 nitrogen and oxygen atoms in total. The van der Waals surface area contributed by atoms with Crippen molar-refractivity contribution in [1.29, 1.82) is 0 Å². The lowest BCUT2D eigenvalue weighted by Crippen LogP contribution is -2.59. The molecule has 2 atom stereocenters. The minimum atomic E-state index is 0.259. The van der Waals surface area contributed by atoms with E-state index in [1.165, 1.54) is 25.7 Å². The van der Waals surface area contributed by atoms with Crippen molar-refractivity contribution in [2.45, 2.75) is 44.7 Å². The van der Waals surface area contributed by atoms with Crippen molar-refractivity contribution >= 4 is 0 Å². The summed E-state index contributed by atoms with van der Waals surface area (Å²) < 4.78 is 0. The summed E-state index contributed by atoms with van der Waals surface area (Å²) in [5.41, 5.74) is 12.4. The molecular formula is C9H18N2. The van der Waals surface area contributed by atoms with E-state index in [1.54, 1.807) is 0 Å². The van der Waals surface area contributed by atoms with Crippen molar-refractivity contribution in [3.8, 4) is 0 Å². The van der Waals surface area contributed by atoms with E-state index >= 15 is 0 Å². The number of nitrogens with two attached hydrogens (primary N) is 2. The number of fused-ring (bicyclic) bond motifs is 3. The highest BCUT2D eigenvalue weighted by Crippen LogP contribution is 2.48.